The molecular weight excluding hydrogens is 406 g/mol. The van der Waals surface area contributed by atoms with Crippen molar-refractivity contribution in [3.63, 3.8) is 0 Å². The Bertz CT molecular complexity index is 709. The van der Waals surface area contributed by atoms with Gasteiger partial charge in [-0.3, -0.25) is 5.32 Å². The van der Waals surface area contributed by atoms with Gasteiger partial charge in [0.15, 0.2) is 0 Å². The third-order valence-electron chi connectivity index (χ3n) is 3.55. The van der Waals surface area contributed by atoms with E-state index in [1.165, 1.54) is 6.07 Å². The van der Waals surface area contributed by atoms with Crippen LogP contribution in [0.1, 0.15) is 24.5 Å². The van der Waals surface area contributed by atoms with Crippen LogP contribution in [0.3, 0.4) is 0 Å². The molecule has 2 aromatic carbocycles. The van der Waals surface area contributed by atoms with Gasteiger partial charge in [-0.15, -0.1) is 11.8 Å². The highest BCUT2D eigenvalue weighted by Crippen LogP contribution is 2.33. The molecule has 7 heteroatoms. The van der Waals surface area contributed by atoms with Gasteiger partial charge in [0.2, 0.25) is 0 Å². The first kappa shape index (κ1) is 19.6. The zero-order chi connectivity index (χ0) is 18.2. The van der Waals surface area contributed by atoms with Gasteiger partial charge >= 0.3 is 6.09 Å². The molecule has 0 heterocycles. The Balaban J connectivity index is 2.09. The number of nitrogens with one attached hydrogen (secondary N) is 1. The summed E-state index contributed by atoms with van der Waals surface area (Å²) in [6, 6.07) is 12.4. The van der Waals surface area contributed by atoms with Crippen molar-refractivity contribution in [3.8, 4) is 5.75 Å². The molecule has 0 spiro atoms. The van der Waals surface area contributed by atoms with Crippen LogP contribution < -0.4 is 5.32 Å². The van der Waals surface area contributed by atoms with Gasteiger partial charge in [-0.2, -0.15) is 0 Å². The van der Waals surface area contributed by atoms with Crippen molar-refractivity contribution in [1.82, 2.24) is 0 Å². The lowest BCUT2D eigenvalue weighted by Gasteiger charge is -2.19. The Kier molecular flexibility index (Phi) is 7.61. The maximum Gasteiger partial charge on any atom is 0.412 e. The molecule has 0 unspecified atom stereocenters. The number of aliphatic hydroxyl groups excluding tert-OH is 1. The fourth-order valence-electron chi connectivity index (χ4n) is 2.29. The van der Waals surface area contributed by atoms with Crippen LogP contribution in [0, 0.1) is 0 Å². The number of benzene rings is 2. The molecule has 0 aromatic heterocycles. The largest absolute Gasteiger partial charge is 0.508 e. The number of thioether (sulfide) groups is 1. The van der Waals surface area contributed by atoms with Crippen LogP contribution in [0.4, 0.5) is 10.5 Å². The van der Waals surface area contributed by atoms with E-state index >= 15 is 0 Å². The lowest BCUT2D eigenvalue weighted by Crippen LogP contribution is -2.18. The van der Waals surface area contributed by atoms with Crippen molar-refractivity contribution in [2.24, 2.45) is 0 Å². The molecule has 0 saturated heterocycles. The van der Waals surface area contributed by atoms with Crippen molar-refractivity contribution < 1.29 is 19.7 Å². The van der Waals surface area contributed by atoms with Crippen LogP contribution in [-0.2, 0) is 4.74 Å². The van der Waals surface area contributed by atoms with E-state index in [0.29, 0.717) is 24.1 Å². The zero-order valence-electron chi connectivity index (χ0n) is 13.7. The SMILES string of the molecule is CSc1ccc(NC(=O)O[C@@H](CCCO)c2cc(Br)ccc2O)cc1. The average molecular weight is 426 g/mol. The Morgan fingerprint density at radius 3 is 2.64 bits per heavy atom. The number of phenolic OH excluding ortho intramolecular Hbond substituents is 1. The summed E-state index contributed by atoms with van der Waals surface area (Å²) in [4.78, 5) is 13.3. The number of amides is 1. The summed E-state index contributed by atoms with van der Waals surface area (Å²) in [7, 11) is 0. The maximum atomic E-state index is 12.2. The van der Waals surface area contributed by atoms with Gasteiger partial charge in [0.05, 0.1) is 0 Å². The molecule has 2 rings (SSSR count). The fourth-order valence-corrected chi connectivity index (χ4v) is 3.08. The van der Waals surface area contributed by atoms with Crippen molar-refractivity contribution in [2.75, 3.05) is 18.2 Å². The molecule has 0 saturated carbocycles. The lowest BCUT2D eigenvalue weighted by atomic mass is 10.0. The predicted molar refractivity (Wildman–Crippen MR) is 103 cm³/mol. The van der Waals surface area contributed by atoms with Crippen LogP contribution in [0.15, 0.2) is 51.8 Å². The highest BCUT2D eigenvalue weighted by Gasteiger charge is 2.20. The molecular formula is C18H20BrNO4S. The summed E-state index contributed by atoms with van der Waals surface area (Å²) < 4.78 is 6.26. The van der Waals surface area contributed by atoms with E-state index in [9.17, 15) is 9.90 Å². The normalized spacial score (nSPS) is 11.8. The number of aromatic hydroxyl groups is 1. The summed E-state index contributed by atoms with van der Waals surface area (Å²) >= 11 is 4.96. The van der Waals surface area contributed by atoms with Gasteiger partial charge in [0.25, 0.3) is 0 Å². The zero-order valence-corrected chi connectivity index (χ0v) is 16.1. The molecule has 0 fully saturated rings. The molecule has 25 heavy (non-hydrogen) atoms. The van der Waals surface area contributed by atoms with Gasteiger partial charge in [-0.25, -0.2) is 4.79 Å². The van der Waals surface area contributed by atoms with Gasteiger partial charge in [0.1, 0.15) is 11.9 Å². The van der Waals surface area contributed by atoms with Crippen molar-refractivity contribution in [3.05, 3.63) is 52.5 Å². The number of phenols is 1. The first-order valence-electron chi connectivity index (χ1n) is 7.74. The molecule has 0 bridgehead atoms. The standard InChI is InChI=1S/C18H20BrNO4S/c1-25-14-7-5-13(6-8-14)20-18(23)24-17(3-2-10-21)15-11-12(19)4-9-16(15)22/h4-9,11,17,21-22H,2-3,10H2,1H3,(H,20,23)/t17-/m0/s1. The van der Waals surface area contributed by atoms with E-state index in [-0.39, 0.29) is 12.4 Å². The van der Waals surface area contributed by atoms with E-state index < -0.39 is 12.2 Å². The van der Waals surface area contributed by atoms with Crippen LogP contribution >= 0.6 is 27.7 Å². The van der Waals surface area contributed by atoms with E-state index in [1.807, 2.05) is 18.4 Å². The van der Waals surface area contributed by atoms with Crippen LogP contribution in [0.5, 0.6) is 5.75 Å². The molecule has 134 valence electrons. The number of carbonyl (C=O) groups excluding carboxylic acids is 1. The number of aliphatic hydroxyl groups is 1. The molecule has 5 nitrogen and oxygen atoms in total. The first-order chi connectivity index (χ1) is 12.0. The van der Waals surface area contributed by atoms with Gasteiger partial charge in [0, 0.05) is 27.2 Å². The second-order valence-corrected chi connectivity index (χ2v) is 7.11. The van der Waals surface area contributed by atoms with E-state index in [2.05, 4.69) is 21.2 Å². The quantitative estimate of drug-likeness (QED) is 0.547. The molecule has 0 radical (unpaired) electrons. The van der Waals surface area contributed by atoms with Crippen molar-refractivity contribution >= 4 is 39.5 Å². The van der Waals surface area contributed by atoms with E-state index in [4.69, 9.17) is 9.84 Å². The van der Waals surface area contributed by atoms with E-state index in [0.717, 1.165) is 9.37 Å². The van der Waals surface area contributed by atoms with Gasteiger partial charge in [-0.05, 0) is 61.6 Å². The number of rotatable bonds is 7. The summed E-state index contributed by atoms with van der Waals surface area (Å²) in [5.41, 5.74) is 1.12. The average Bonchev–Trinajstić information content (AvgIpc) is 2.61. The highest BCUT2D eigenvalue weighted by molar-refractivity contribution is 9.10. The fraction of sp³-hybridized carbons (Fsp3) is 0.278. The van der Waals surface area contributed by atoms with Crippen molar-refractivity contribution in [1.29, 1.82) is 0 Å². The number of halogens is 1. The van der Waals surface area contributed by atoms with Crippen molar-refractivity contribution in [2.45, 2.75) is 23.8 Å². The summed E-state index contributed by atoms with van der Waals surface area (Å²) in [5.74, 6) is 0.0447. The predicted octanol–water partition coefficient (Wildman–Crippen LogP) is 4.94. The highest BCUT2D eigenvalue weighted by atomic mass is 79.9. The number of carbonyl (C=O) groups is 1. The summed E-state index contributed by atoms with van der Waals surface area (Å²) in [6.07, 6.45) is 1.56. The van der Waals surface area contributed by atoms with Crippen LogP contribution in [0.25, 0.3) is 0 Å². The second kappa shape index (κ2) is 9.70. The topological polar surface area (TPSA) is 78.8 Å². The molecule has 1 amide bonds. The minimum atomic E-state index is -0.657. The number of ether oxygens (including phenoxy) is 1. The molecule has 0 aliphatic rings. The molecule has 3 N–H and O–H groups in total. The maximum absolute atomic E-state index is 12.2. The minimum Gasteiger partial charge on any atom is -0.508 e. The number of hydrogen-bond donors (Lipinski definition) is 3. The van der Waals surface area contributed by atoms with Gasteiger partial charge in [-0.1, -0.05) is 15.9 Å². The minimum absolute atomic E-state index is 0.0214. The molecule has 0 aliphatic carbocycles. The lowest BCUT2D eigenvalue weighted by molar-refractivity contribution is 0.0979. The Morgan fingerprint density at radius 2 is 2.00 bits per heavy atom. The first-order valence-corrected chi connectivity index (χ1v) is 9.76. The number of anilines is 1. The molecule has 0 aliphatic heterocycles. The smallest absolute Gasteiger partial charge is 0.412 e. The second-order valence-electron chi connectivity index (χ2n) is 5.32. The van der Waals surface area contributed by atoms with Crippen LogP contribution in [0.2, 0.25) is 0 Å². The monoisotopic (exact) mass is 425 g/mol. The Labute approximate surface area is 159 Å². The molecule has 2 aromatic rings. The third kappa shape index (κ3) is 5.95. The Morgan fingerprint density at radius 1 is 1.28 bits per heavy atom. The van der Waals surface area contributed by atoms with Gasteiger partial charge < -0.3 is 14.9 Å². The molecule has 1 atom stereocenters. The summed E-state index contributed by atoms with van der Waals surface area (Å²) in [6.45, 7) is -0.0214. The Hall–Kier alpha value is -1.70. The van der Waals surface area contributed by atoms with E-state index in [1.54, 1.807) is 36.0 Å². The summed E-state index contributed by atoms with van der Waals surface area (Å²) in [5, 5.41) is 21.8. The van der Waals surface area contributed by atoms with Crippen LogP contribution in [-0.4, -0.2) is 29.2 Å². The number of hydrogen-bond acceptors (Lipinski definition) is 5. The third-order valence-corrected chi connectivity index (χ3v) is 4.78.